The minimum atomic E-state index is 0.0595. The van der Waals surface area contributed by atoms with Crippen LogP contribution in [0.25, 0.3) is 11.3 Å². The maximum Gasteiger partial charge on any atom is 0.235 e. The number of benzene rings is 1. The van der Waals surface area contributed by atoms with E-state index in [9.17, 15) is 4.79 Å². The Morgan fingerprint density at radius 2 is 2.03 bits per heavy atom. The molecule has 0 spiro atoms. The zero-order valence-electron chi connectivity index (χ0n) is 18.0. The number of fused-ring (bicyclic) bond motifs is 1. The number of methoxy groups -OCH3 is 1. The van der Waals surface area contributed by atoms with Gasteiger partial charge in [-0.25, -0.2) is 9.97 Å². The lowest BCUT2D eigenvalue weighted by molar-refractivity contribution is -0.119. The number of hydrogen-bond acceptors (Lipinski definition) is 5. The van der Waals surface area contributed by atoms with Crippen molar-refractivity contribution in [3.05, 3.63) is 59.3 Å². The van der Waals surface area contributed by atoms with Crippen molar-refractivity contribution in [3.8, 4) is 22.9 Å². The van der Waals surface area contributed by atoms with Gasteiger partial charge in [-0.3, -0.25) is 9.69 Å². The van der Waals surface area contributed by atoms with Crippen molar-refractivity contribution in [1.29, 1.82) is 0 Å². The summed E-state index contributed by atoms with van der Waals surface area (Å²) in [7, 11) is 1.60. The number of aromatic nitrogens is 2. The van der Waals surface area contributed by atoms with Crippen LogP contribution < -0.4 is 14.4 Å². The maximum atomic E-state index is 13.4. The van der Waals surface area contributed by atoms with E-state index in [1.807, 2.05) is 44.2 Å². The number of anilines is 2. The summed E-state index contributed by atoms with van der Waals surface area (Å²) in [4.78, 5) is 24.5. The zero-order valence-corrected chi connectivity index (χ0v) is 18.0. The number of rotatable bonds is 5. The summed E-state index contributed by atoms with van der Waals surface area (Å²) >= 11 is 0. The van der Waals surface area contributed by atoms with Gasteiger partial charge in [0.05, 0.1) is 30.7 Å². The molecule has 1 aliphatic carbocycles. The van der Waals surface area contributed by atoms with E-state index in [1.165, 1.54) is 0 Å². The van der Waals surface area contributed by atoms with Crippen LogP contribution in [-0.2, 0) is 11.2 Å². The van der Waals surface area contributed by atoms with Gasteiger partial charge < -0.3 is 9.47 Å². The molecular formula is C25H25N3O3. The third kappa shape index (κ3) is 3.52. The predicted octanol–water partition coefficient (Wildman–Crippen LogP) is 4.78. The van der Waals surface area contributed by atoms with Crippen molar-refractivity contribution in [3.63, 3.8) is 0 Å². The molecule has 1 saturated carbocycles. The molecule has 1 aliphatic heterocycles. The minimum Gasteiger partial charge on any atom is -0.493 e. The van der Waals surface area contributed by atoms with Crippen molar-refractivity contribution in [2.75, 3.05) is 18.6 Å². The first-order valence-electron chi connectivity index (χ1n) is 10.6. The smallest absolute Gasteiger partial charge is 0.235 e. The Kier molecular flexibility index (Phi) is 4.85. The fraction of sp³-hybridized carbons (Fsp3) is 0.320. The van der Waals surface area contributed by atoms with Gasteiger partial charge in [0.2, 0.25) is 11.8 Å². The van der Waals surface area contributed by atoms with E-state index in [0.717, 1.165) is 58.6 Å². The van der Waals surface area contributed by atoms with E-state index in [4.69, 9.17) is 14.5 Å². The van der Waals surface area contributed by atoms with Crippen LogP contribution in [0.1, 0.15) is 29.5 Å². The van der Waals surface area contributed by atoms with Crippen molar-refractivity contribution in [2.45, 2.75) is 33.1 Å². The van der Waals surface area contributed by atoms with E-state index < -0.39 is 0 Å². The monoisotopic (exact) mass is 415 g/mol. The second kappa shape index (κ2) is 7.69. The molecule has 1 aromatic carbocycles. The lowest BCUT2D eigenvalue weighted by Gasteiger charge is -2.24. The quantitative estimate of drug-likeness (QED) is 0.600. The SMILES string of the molecule is COc1ncccc1-c1nc(N(C(=O)C2CC2)c2ccc3c(c2)CCO3)cc(C)c1C. The van der Waals surface area contributed by atoms with Crippen LogP contribution in [0, 0.1) is 19.8 Å². The molecule has 1 amide bonds. The molecule has 158 valence electrons. The van der Waals surface area contributed by atoms with E-state index >= 15 is 0 Å². The number of nitrogens with zero attached hydrogens (tertiary/aromatic N) is 3. The summed E-state index contributed by atoms with van der Waals surface area (Å²) in [5.41, 5.74) is 5.65. The molecule has 0 atom stereocenters. The number of ether oxygens (including phenoxy) is 2. The first-order valence-corrected chi connectivity index (χ1v) is 10.6. The third-order valence-corrected chi connectivity index (χ3v) is 6.05. The Hall–Kier alpha value is -3.41. The average Bonchev–Trinajstić information content (AvgIpc) is 3.53. The first-order chi connectivity index (χ1) is 15.1. The molecule has 3 heterocycles. The summed E-state index contributed by atoms with van der Waals surface area (Å²) in [5.74, 6) is 2.20. The van der Waals surface area contributed by atoms with Gasteiger partial charge in [0.15, 0.2) is 0 Å². The van der Waals surface area contributed by atoms with Crippen LogP contribution in [0.15, 0.2) is 42.6 Å². The predicted molar refractivity (Wildman–Crippen MR) is 119 cm³/mol. The van der Waals surface area contributed by atoms with Crippen molar-refractivity contribution in [1.82, 2.24) is 9.97 Å². The van der Waals surface area contributed by atoms with Crippen LogP contribution >= 0.6 is 0 Å². The first kappa shape index (κ1) is 19.5. The normalized spacial score (nSPS) is 14.7. The molecule has 5 rings (SSSR count). The molecule has 3 aromatic rings. The van der Waals surface area contributed by atoms with Crippen molar-refractivity contribution >= 4 is 17.4 Å². The fourth-order valence-electron chi connectivity index (χ4n) is 4.03. The Morgan fingerprint density at radius 3 is 2.81 bits per heavy atom. The maximum absolute atomic E-state index is 13.4. The Balaban J connectivity index is 1.66. The van der Waals surface area contributed by atoms with Crippen LogP contribution in [0.5, 0.6) is 11.6 Å². The molecule has 0 radical (unpaired) electrons. The largest absolute Gasteiger partial charge is 0.493 e. The number of amides is 1. The summed E-state index contributed by atoms with van der Waals surface area (Å²) in [6.07, 6.45) is 4.41. The van der Waals surface area contributed by atoms with Gasteiger partial charge in [0.1, 0.15) is 11.6 Å². The van der Waals surface area contributed by atoms with Gasteiger partial charge in [-0.1, -0.05) is 0 Å². The summed E-state index contributed by atoms with van der Waals surface area (Å²) in [6, 6.07) is 11.8. The van der Waals surface area contributed by atoms with Gasteiger partial charge >= 0.3 is 0 Å². The Morgan fingerprint density at radius 1 is 1.19 bits per heavy atom. The van der Waals surface area contributed by atoms with E-state index in [0.29, 0.717) is 18.3 Å². The summed E-state index contributed by atoms with van der Waals surface area (Å²) < 4.78 is 11.1. The van der Waals surface area contributed by atoms with Crippen LogP contribution in [-0.4, -0.2) is 29.6 Å². The molecule has 0 bridgehead atoms. The van der Waals surface area contributed by atoms with Gasteiger partial charge in [-0.05, 0) is 79.8 Å². The highest BCUT2D eigenvalue weighted by Gasteiger charge is 2.36. The fourth-order valence-corrected chi connectivity index (χ4v) is 4.03. The summed E-state index contributed by atoms with van der Waals surface area (Å²) in [6.45, 7) is 4.76. The number of carbonyl (C=O) groups excluding carboxylic acids is 1. The highest BCUT2D eigenvalue weighted by atomic mass is 16.5. The molecule has 6 nitrogen and oxygen atoms in total. The molecule has 1 fully saturated rings. The lowest BCUT2D eigenvalue weighted by atomic mass is 10.0. The molecule has 0 unspecified atom stereocenters. The molecule has 0 N–H and O–H groups in total. The second-order valence-electron chi connectivity index (χ2n) is 8.17. The van der Waals surface area contributed by atoms with E-state index in [-0.39, 0.29) is 11.8 Å². The van der Waals surface area contributed by atoms with E-state index in [2.05, 4.69) is 11.1 Å². The standard InChI is InChI=1S/C25H25N3O3/c1-15-13-22(27-23(16(15)2)20-5-4-11-26-24(20)30-3)28(25(29)17-6-7-17)19-8-9-21-18(14-19)10-12-31-21/h4-5,8-9,11,13-14,17H,6-7,10,12H2,1-3H3. The number of pyridine rings is 2. The number of hydrogen-bond donors (Lipinski definition) is 0. The average molecular weight is 415 g/mol. The number of carbonyl (C=O) groups is 1. The van der Waals surface area contributed by atoms with Gasteiger partial charge in [0, 0.05) is 18.5 Å². The third-order valence-electron chi connectivity index (χ3n) is 6.05. The van der Waals surface area contributed by atoms with Crippen molar-refractivity contribution in [2.24, 2.45) is 5.92 Å². The van der Waals surface area contributed by atoms with Crippen molar-refractivity contribution < 1.29 is 14.3 Å². The second-order valence-corrected chi connectivity index (χ2v) is 8.17. The lowest BCUT2D eigenvalue weighted by Crippen LogP contribution is -2.28. The number of aryl methyl sites for hydroxylation is 1. The van der Waals surface area contributed by atoms with Crippen LogP contribution in [0.3, 0.4) is 0 Å². The Labute approximate surface area is 181 Å². The summed E-state index contributed by atoms with van der Waals surface area (Å²) in [5, 5.41) is 0. The molecular weight excluding hydrogens is 390 g/mol. The highest BCUT2D eigenvalue weighted by Crippen LogP contribution is 2.40. The molecule has 31 heavy (non-hydrogen) atoms. The zero-order chi connectivity index (χ0) is 21.5. The molecule has 0 saturated heterocycles. The van der Waals surface area contributed by atoms with Crippen LogP contribution in [0.2, 0.25) is 0 Å². The van der Waals surface area contributed by atoms with Gasteiger partial charge in [0.25, 0.3) is 0 Å². The highest BCUT2D eigenvalue weighted by molar-refractivity contribution is 6.02. The molecule has 2 aromatic heterocycles. The van der Waals surface area contributed by atoms with Gasteiger partial charge in [-0.15, -0.1) is 0 Å². The van der Waals surface area contributed by atoms with Gasteiger partial charge in [-0.2, -0.15) is 0 Å². The van der Waals surface area contributed by atoms with Crippen LogP contribution in [0.4, 0.5) is 11.5 Å². The topological polar surface area (TPSA) is 64.6 Å². The Bertz CT molecular complexity index is 1170. The molecule has 2 aliphatic rings. The van der Waals surface area contributed by atoms with E-state index in [1.54, 1.807) is 18.2 Å². The molecule has 6 heteroatoms. The minimum absolute atomic E-state index is 0.0595.